The second-order valence-electron chi connectivity index (χ2n) is 5.32. The van der Waals surface area contributed by atoms with Crippen molar-refractivity contribution >= 4 is 34.4 Å². The van der Waals surface area contributed by atoms with Crippen molar-refractivity contribution in [3.05, 3.63) is 24.3 Å². The fraction of sp³-hybridized carbons (Fsp3) is 0.250. The Morgan fingerprint density at radius 2 is 1.50 bits per heavy atom. The van der Waals surface area contributed by atoms with Gasteiger partial charge in [0.25, 0.3) is 0 Å². The van der Waals surface area contributed by atoms with E-state index in [1.807, 2.05) is 24.3 Å². The molecule has 1 aromatic carbocycles. The van der Waals surface area contributed by atoms with E-state index in [2.05, 4.69) is 38.7 Å². The van der Waals surface area contributed by atoms with Crippen LogP contribution in [0, 0.1) is 0 Å². The Morgan fingerprint density at radius 1 is 0.833 bits per heavy atom. The summed E-state index contributed by atoms with van der Waals surface area (Å²) >= 11 is 0. The summed E-state index contributed by atoms with van der Waals surface area (Å²) in [6, 6.07) is 8.01. The third-order valence-electron chi connectivity index (χ3n) is 3.87. The van der Waals surface area contributed by atoms with E-state index >= 15 is 0 Å². The second-order valence-corrected chi connectivity index (χ2v) is 5.32. The molecule has 0 radical (unpaired) electrons. The van der Waals surface area contributed by atoms with Gasteiger partial charge in [-0.05, 0) is 26.0 Å². The second kappa shape index (κ2) is 6.15. The molecule has 0 spiro atoms. The predicted octanol–water partition coefficient (Wildman–Crippen LogP) is 1.68. The van der Waals surface area contributed by atoms with E-state index in [1.165, 1.54) is 0 Å². The molecule has 3 rings (SSSR count). The fourth-order valence-electron chi connectivity index (χ4n) is 2.63. The van der Waals surface area contributed by atoms with E-state index in [-0.39, 0.29) is 17.6 Å². The van der Waals surface area contributed by atoms with Crippen LogP contribution >= 0.6 is 0 Å². The maximum absolute atomic E-state index is 6.04. The molecule has 0 aliphatic carbocycles. The minimum absolute atomic E-state index is 0.0463. The number of rotatable bonds is 4. The van der Waals surface area contributed by atoms with Crippen molar-refractivity contribution < 1.29 is 0 Å². The number of aromatic nitrogens is 4. The number of nitrogens with two attached hydrogens (primary N) is 3. The Hall–Kier alpha value is -3.16. The lowest BCUT2D eigenvalue weighted by Gasteiger charge is -2.21. The van der Waals surface area contributed by atoms with Crippen molar-refractivity contribution in [3.8, 4) is 11.3 Å². The Morgan fingerprint density at radius 3 is 2.12 bits per heavy atom. The van der Waals surface area contributed by atoms with Crippen molar-refractivity contribution in [1.82, 2.24) is 19.9 Å². The number of nitrogens with zero attached hydrogens (tertiary/aromatic N) is 5. The summed E-state index contributed by atoms with van der Waals surface area (Å²) in [6.07, 6.45) is 0. The minimum atomic E-state index is 0.0463. The average Bonchev–Trinajstić information content (AvgIpc) is 2.56. The zero-order valence-corrected chi connectivity index (χ0v) is 13.7. The molecule has 0 aliphatic rings. The van der Waals surface area contributed by atoms with E-state index in [0.717, 1.165) is 24.3 Å². The van der Waals surface area contributed by atoms with E-state index in [0.29, 0.717) is 16.9 Å². The van der Waals surface area contributed by atoms with Crippen LogP contribution in [-0.4, -0.2) is 33.0 Å². The number of benzene rings is 1. The normalized spacial score (nSPS) is 10.9. The van der Waals surface area contributed by atoms with Gasteiger partial charge in [-0.25, -0.2) is 9.97 Å². The monoisotopic (exact) mass is 324 g/mol. The highest BCUT2D eigenvalue weighted by Crippen LogP contribution is 2.28. The molecule has 24 heavy (non-hydrogen) atoms. The van der Waals surface area contributed by atoms with Crippen LogP contribution in [-0.2, 0) is 0 Å². The van der Waals surface area contributed by atoms with Crippen molar-refractivity contribution in [3.63, 3.8) is 0 Å². The van der Waals surface area contributed by atoms with Crippen molar-refractivity contribution in [1.29, 1.82) is 0 Å². The largest absolute Gasteiger partial charge is 0.382 e. The molecule has 0 atom stereocenters. The maximum Gasteiger partial charge on any atom is 0.224 e. The van der Waals surface area contributed by atoms with Gasteiger partial charge in [0.1, 0.15) is 5.69 Å². The summed E-state index contributed by atoms with van der Waals surface area (Å²) in [5.74, 6) is 0.506. The molecular formula is C16H20N8. The lowest BCUT2D eigenvalue weighted by atomic mass is 10.1. The highest BCUT2D eigenvalue weighted by atomic mass is 15.1. The van der Waals surface area contributed by atoms with E-state index in [9.17, 15) is 0 Å². The first-order valence-electron chi connectivity index (χ1n) is 7.75. The van der Waals surface area contributed by atoms with Crippen LogP contribution in [0.15, 0.2) is 24.3 Å². The summed E-state index contributed by atoms with van der Waals surface area (Å²) in [5, 5.41) is 0. The molecule has 124 valence electrons. The molecule has 2 heterocycles. The van der Waals surface area contributed by atoms with Crippen LogP contribution in [0.5, 0.6) is 0 Å². The molecule has 8 nitrogen and oxygen atoms in total. The number of fused-ring (bicyclic) bond motifs is 1. The lowest BCUT2D eigenvalue weighted by Crippen LogP contribution is -2.21. The molecular weight excluding hydrogens is 304 g/mol. The minimum Gasteiger partial charge on any atom is -0.382 e. The van der Waals surface area contributed by atoms with Gasteiger partial charge in [0.2, 0.25) is 5.95 Å². The Labute approximate surface area is 139 Å². The van der Waals surface area contributed by atoms with Crippen LogP contribution in [0.2, 0.25) is 0 Å². The molecule has 0 saturated carbocycles. The van der Waals surface area contributed by atoms with Crippen molar-refractivity contribution in [2.75, 3.05) is 35.2 Å². The number of nitrogen functional groups attached to an aromatic ring is 3. The number of hydrogen-bond acceptors (Lipinski definition) is 8. The van der Waals surface area contributed by atoms with Crippen LogP contribution in [0.4, 0.5) is 23.3 Å². The summed E-state index contributed by atoms with van der Waals surface area (Å²) in [6.45, 7) is 6.14. The molecule has 0 saturated heterocycles. The smallest absolute Gasteiger partial charge is 0.224 e. The SMILES string of the molecule is CCN(CC)c1ccc(-c2nc3c(N)nc(N)nc3nc2N)cc1. The first-order valence-corrected chi connectivity index (χ1v) is 7.75. The van der Waals surface area contributed by atoms with Gasteiger partial charge < -0.3 is 22.1 Å². The van der Waals surface area contributed by atoms with Gasteiger partial charge in [-0.1, -0.05) is 12.1 Å². The number of hydrogen-bond donors (Lipinski definition) is 3. The summed E-state index contributed by atoms with van der Waals surface area (Å²) in [7, 11) is 0. The van der Waals surface area contributed by atoms with E-state index < -0.39 is 0 Å². The zero-order valence-electron chi connectivity index (χ0n) is 13.7. The van der Waals surface area contributed by atoms with Crippen molar-refractivity contribution in [2.24, 2.45) is 0 Å². The molecule has 0 aliphatic heterocycles. The zero-order chi connectivity index (χ0) is 17.3. The quantitative estimate of drug-likeness (QED) is 0.660. The first-order chi connectivity index (χ1) is 11.5. The molecule has 6 N–H and O–H groups in total. The van der Waals surface area contributed by atoms with Gasteiger partial charge in [-0.3, -0.25) is 0 Å². The maximum atomic E-state index is 6.04. The third kappa shape index (κ3) is 2.73. The van der Waals surface area contributed by atoms with Gasteiger partial charge >= 0.3 is 0 Å². The molecule has 3 aromatic rings. The average molecular weight is 324 g/mol. The van der Waals surface area contributed by atoms with Crippen LogP contribution < -0.4 is 22.1 Å². The Kier molecular flexibility index (Phi) is 4.03. The highest BCUT2D eigenvalue weighted by Gasteiger charge is 2.13. The van der Waals surface area contributed by atoms with Gasteiger partial charge in [0.15, 0.2) is 22.8 Å². The molecule has 0 fully saturated rings. The number of anilines is 4. The van der Waals surface area contributed by atoms with Crippen LogP contribution in [0.3, 0.4) is 0 Å². The molecule has 8 heteroatoms. The van der Waals surface area contributed by atoms with Crippen LogP contribution in [0.1, 0.15) is 13.8 Å². The fourth-order valence-corrected chi connectivity index (χ4v) is 2.63. The predicted molar refractivity (Wildman–Crippen MR) is 97.4 cm³/mol. The lowest BCUT2D eigenvalue weighted by molar-refractivity contribution is 0.866. The van der Waals surface area contributed by atoms with E-state index in [4.69, 9.17) is 17.2 Å². The molecule has 0 bridgehead atoms. The van der Waals surface area contributed by atoms with Gasteiger partial charge in [0, 0.05) is 24.3 Å². The van der Waals surface area contributed by atoms with E-state index in [1.54, 1.807) is 0 Å². The first kappa shape index (κ1) is 15.7. The van der Waals surface area contributed by atoms with Gasteiger partial charge in [0.05, 0.1) is 0 Å². The van der Waals surface area contributed by atoms with Crippen molar-refractivity contribution in [2.45, 2.75) is 13.8 Å². The standard InChI is InChI=1S/C16H20N8/c1-3-24(4-2)10-7-5-9(6-8-10)11-13(17)21-15-12(20-11)14(18)22-16(19)23-15/h5-8H,3-4H2,1-2H3,(H6,17,18,19,21,22,23). The van der Waals surface area contributed by atoms with Gasteiger partial charge in [-0.15, -0.1) is 0 Å². The van der Waals surface area contributed by atoms with Crippen LogP contribution in [0.25, 0.3) is 22.4 Å². The molecule has 0 unspecified atom stereocenters. The summed E-state index contributed by atoms with van der Waals surface area (Å²) < 4.78 is 0. The summed E-state index contributed by atoms with van der Waals surface area (Å²) in [4.78, 5) is 18.9. The summed E-state index contributed by atoms with van der Waals surface area (Å²) in [5.41, 5.74) is 20.7. The van der Waals surface area contributed by atoms with Gasteiger partial charge in [-0.2, -0.15) is 9.97 Å². The highest BCUT2D eigenvalue weighted by molar-refractivity contribution is 5.87. The molecule has 2 aromatic heterocycles. The Balaban J connectivity index is 2.07. The third-order valence-corrected chi connectivity index (χ3v) is 3.87. The topological polar surface area (TPSA) is 133 Å². The molecule has 0 amide bonds. The Bertz CT molecular complexity index is 871.